The van der Waals surface area contributed by atoms with Crippen LogP contribution in [0.25, 0.3) is 0 Å². The van der Waals surface area contributed by atoms with Gasteiger partial charge >= 0.3 is 0 Å². The summed E-state index contributed by atoms with van der Waals surface area (Å²) in [4.78, 5) is 10.4. The molecular weight excluding hydrogens is 254 g/mol. The second kappa shape index (κ2) is 6.91. The number of rotatable bonds is 2. The van der Waals surface area contributed by atoms with E-state index in [0.29, 0.717) is 0 Å². The van der Waals surface area contributed by atoms with Gasteiger partial charge in [0.1, 0.15) is 0 Å². The van der Waals surface area contributed by atoms with Crippen LogP contribution in [0.15, 0.2) is 12.7 Å². The molecule has 0 unspecified atom stereocenters. The van der Waals surface area contributed by atoms with Crippen molar-refractivity contribution >= 4 is 5.91 Å². The van der Waals surface area contributed by atoms with Crippen LogP contribution in [0.2, 0.25) is 0 Å². The third-order valence-corrected chi connectivity index (χ3v) is 0.616. The van der Waals surface area contributed by atoms with Crippen LogP contribution >= 0.6 is 0 Å². The maximum atomic E-state index is 10.4. The molecule has 1 N–H and O–H groups in total. The average Bonchev–Trinajstić information content (AvgIpc) is 1.65. The SMILES string of the molecule is C=CC(=O)NC(C)C.[Eu]. The topological polar surface area (TPSA) is 29.1 Å². The summed E-state index contributed by atoms with van der Waals surface area (Å²) >= 11 is 0. The molecule has 3 heteroatoms. The molecule has 0 aliphatic heterocycles. The van der Waals surface area contributed by atoms with E-state index in [4.69, 9.17) is 0 Å². The largest absolute Gasteiger partial charge is 0.350 e. The Labute approximate surface area is 96.6 Å². The van der Waals surface area contributed by atoms with Gasteiger partial charge in [0.25, 0.3) is 0 Å². The Morgan fingerprint density at radius 1 is 1.67 bits per heavy atom. The molecule has 0 bridgehead atoms. The first kappa shape index (κ1) is 12.5. The third-order valence-electron chi connectivity index (χ3n) is 0.616. The van der Waals surface area contributed by atoms with Crippen molar-refractivity contribution in [2.24, 2.45) is 0 Å². The fourth-order valence-electron chi connectivity index (χ4n) is 0.343. The van der Waals surface area contributed by atoms with Crippen molar-refractivity contribution in [3.8, 4) is 0 Å². The predicted molar refractivity (Wildman–Crippen MR) is 33.5 cm³/mol. The number of hydrogen-bond acceptors (Lipinski definition) is 1. The third kappa shape index (κ3) is 8.79. The molecule has 0 aliphatic carbocycles. The van der Waals surface area contributed by atoms with Crippen LogP contribution in [-0.4, -0.2) is 11.9 Å². The summed E-state index contributed by atoms with van der Waals surface area (Å²) in [6.45, 7) is 7.11. The van der Waals surface area contributed by atoms with Crippen molar-refractivity contribution < 1.29 is 54.2 Å². The van der Waals surface area contributed by atoms with E-state index in [9.17, 15) is 4.79 Å². The van der Waals surface area contributed by atoms with Gasteiger partial charge in [-0.1, -0.05) is 6.58 Å². The first-order valence-electron chi connectivity index (χ1n) is 2.59. The van der Waals surface area contributed by atoms with Crippen LogP contribution in [0, 0.1) is 49.4 Å². The van der Waals surface area contributed by atoms with Crippen LogP contribution in [0.3, 0.4) is 0 Å². The van der Waals surface area contributed by atoms with E-state index in [1.54, 1.807) is 0 Å². The first-order chi connectivity index (χ1) is 3.66. The van der Waals surface area contributed by atoms with E-state index in [1.807, 2.05) is 13.8 Å². The van der Waals surface area contributed by atoms with E-state index in [0.717, 1.165) is 0 Å². The molecule has 53 valence electrons. The van der Waals surface area contributed by atoms with E-state index in [-0.39, 0.29) is 61.3 Å². The Kier molecular flexibility index (Phi) is 9.57. The number of carbonyl (C=O) groups is 1. The second-order valence-electron chi connectivity index (χ2n) is 1.87. The Balaban J connectivity index is 0. The van der Waals surface area contributed by atoms with Crippen LogP contribution in [0.4, 0.5) is 0 Å². The molecule has 0 atom stereocenters. The van der Waals surface area contributed by atoms with Crippen LogP contribution < -0.4 is 5.32 Å². The molecular formula is C6H11EuNO. The Morgan fingerprint density at radius 3 is 2.22 bits per heavy atom. The summed E-state index contributed by atoms with van der Waals surface area (Å²) in [5.41, 5.74) is 0. The van der Waals surface area contributed by atoms with Gasteiger partial charge in [-0.25, -0.2) is 0 Å². The zero-order valence-electron chi connectivity index (χ0n) is 5.65. The summed E-state index contributed by atoms with van der Waals surface area (Å²) in [6.07, 6.45) is 1.26. The van der Waals surface area contributed by atoms with Gasteiger partial charge in [-0.15, -0.1) is 0 Å². The number of nitrogens with one attached hydrogen (secondary N) is 1. The van der Waals surface area contributed by atoms with E-state index < -0.39 is 0 Å². The van der Waals surface area contributed by atoms with Crippen molar-refractivity contribution in [3.05, 3.63) is 12.7 Å². The van der Waals surface area contributed by atoms with Gasteiger partial charge in [-0.2, -0.15) is 0 Å². The van der Waals surface area contributed by atoms with Gasteiger partial charge in [0.15, 0.2) is 0 Å². The molecule has 0 rings (SSSR count). The first-order valence-corrected chi connectivity index (χ1v) is 2.59. The van der Waals surface area contributed by atoms with Gasteiger partial charge in [0.05, 0.1) is 0 Å². The van der Waals surface area contributed by atoms with Crippen LogP contribution in [0.5, 0.6) is 0 Å². The smallest absolute Gasteiger partial charge is 0.243 e. The maximum absolute atomic E-state index is 10.4. The monoisotopic (exact) mass is 266 g/mol. The molecule has 9 heavy (non-hydrogen) atoms. The van der Waals surface area contributed by atoms with Crippen molar-refractivity contribution in [1.82, 2.24) is 5.32 Å². The Bertz CT molecular complexity index is 101. The van der Waals surface area contributed by atoms with Gasteiger partial charge in [0.2, 0.25) is 5.91 Å². The zero-order valence-corrected chi connectivity index (χ0v) is 8.07. The minimum absolute atomic E-state index is 0. The van der Waals surface area contributed by atoms with Gasteiger partial charge < -0.3 is 5.32 Å². The molecule has 0 spiro atoms. The molecule has 0 heterocycles. The number of hydrogen-bond donors (Lipinski definition) is 1. The summed E-state index contributed by atoms with van der Waals surface area (Å²) in [5, 5.41) is 2.64. The second-order valence-corrected chi connectivity index (χ2v) is 1.87. The minimum atomic E-state index is -0.111. The summed E-state index contributed by atoms with van der Waals surface area (Å²) < 4.78 is 0. The molecule has 0 aromatic carbocycles. The molecule has 0 saturated heterocycles. The molecule has 2 nitrogen and oxygen atoms in total. The van der Waals surface area contributed by atoms with Gasteiger partial charge in [-0.3, -0.25) is 4.79 Å². The van der Waals surface area contributed by atoms with Crippen molar-refractivity contribution in [1.29, 1.82) is 0 Å². The van der Waals surface area contributed by atoms with E-state index in [1.165, 1.54) is 6.08 Å². The minimum Gasteiger partial charge on any atom is -0.350 e. The Morgan fingerprint density at radius 2 is 2.11 bits per heavy atom. The molecule has 1 radical (unpaired) electrons. The quantitative estimate of drug-likeness (QED) is 0.731. The molecule has 0 aromatic heterocycles. The number of carbonyl (C=O) groups excluding carboxylic acids is 1. The Hall–Kier alpha value is 0.794. The van der Waals surface area contributed by atoms with Crippen LogP contribution in [-0.2, 0) is 4.79 Å². The molecule has 0 fully saturated rings. The standard InChI is InChI=1S/C6H11NO.Eu/c1-4-6(8)7-5(2)3;/h4-5H,1H2,2-3H3,(H,7,8);. The summed E-state index contributed by atoms with van der Waals surface area (Å²) in [6, 6.07) is 0.209. The molecule has 0 aromatic rings. The fourth-order valence-corrected chi connectivity index (χ4v) is 0.343. The van der Waals surface area contributed by atoms with Crippen molar-refractivity contribution in [3.63, 3.8) is 0 Å². The number of amides is 1. The maximum Gasteiger partial charge on any atom is 0.243 e. The van der Waals surface area contributed by atoms with Crippen molar-refractivity contribution in [2.45, 2.75) is 19.9 Å². The normalized spacial score (nSPS) is 7.89. The summed E-state index contributed by atoms with van der Waals surface area (Å²) in [7, 11) is 0. The average molecular weight is 265 g/mol. The summed E-state index contributed by atoms with van der Waals surface area (Å²) in [5.74, 6) is -0.111. The fraction of sp³-hybridized carbons (Fsp3) is 0.500. The molecule has 0 saturated carbocycles. The van der Waals surface area contributed by atoms with Crippen LogP contribution in [0.1, 0.15) is 13.8 Å². The van der Waals surface area contributed by atoms with E-state index in [2.05, 4.69) is 11.9 Å². The predicted octanol–water partition coefficient (Wildman–Crippen LogP) is 0.697. The molecule has 0 aliphatic rings. The van der Waals surface area contributed by atoms with Gasteiger partial charge in [0, 0.05) is 55.4 Å². The van der Waals surface area contributed by atoms with Crippen molar-refractivity contribution in [2.75, 3.05) is 0 Å². The molecule has 1 amide bonds. The van der Waals surface area contributed by atoms with Gasteiger partial charge in [-0.05, 0) is 19.9 Å². The van der Waals surface area contributed by atoms with E-state index >= 15 is 0 Å². The zero-order chi connectivity index (χ0) is 6.57.